The van der Waals surface area contributed by atoms with Gasteiger partial charge in [-0.05, 0) is 30.7 Å². The number of ether oxygens (including phenoxy) is 1. The summed E-state index contributed by atoms with van der Waals surface area (Å²) in [5, 5.41) is 11.1. The third-order valence-electron chi connectivity index (χ3n) is 4.53. The Kier molecular flexibility index (Phi) is 5.84. The zero-order valence-electron chi connectivity index (χ0n) is 15.9. The molecule has 150 valence electrons. The second-order valence-electron chi connectivity index (χ2n) is 6.34. The zero-order chi connectivity index (χ0) is 21.0. The average molecular weight is 412 g/mol. The maximum Gasteiger partial charge on any atom is 0.270 e. The fourth-order valence-corrected chi connectivity index (χ4v) is 4.73. The van der Waals surface area contributed by atoms with E-state index >= 15 is 0 Å². The van der Waals surface area contributed by atoms with Crippen molar-refractivity contribution in [3.63, 3.8) is 0 Å². The lowest BCUT2D eigenvalue weighted by Crippen LogP contribution is -2.33. The van der Waals surface area contributed by atoms with Gasteiger partial charge in [-0.2, -0.15) is 0 Å². The molecule has 3 aromatic rings. The number of hydrogen-bond acceptors (Lipinski definition) is 5. The summed E-state index contributed by atoms with van der Waals surface area (Å²) in [5.74, 6) is 0.502. The number of nitrogens with zero attached hydrogens (tertiary/aromatic N) is 2. The molecule has 7 nitrogen and oxygen atoms in total. The molecule has 1 atom stereocenters. The minimum Gasteiger partial charge on any atom is -0.497 e. The van der Waals surface area contributed by atoms with Crippen LogP contribution >= 0.6 is 0 Å². The average Bonchev–Trinajstić information content (AvgIpc) is 2.74. The molecule has 0 bridgehead atoms. The van der Waals surface area contributed by atoms with Crippen LogP contribution in [0.25, 0.3) is 0 Å². The van der Waals surface area contributed by atoms with Crippen LogP contribution in [-0.2, 0) is 10.0 Å². The summed E-state index contributed by atoms with van der Waals surface area (Å²) in [4.78, 5) is 10.4. The third kappa shape index (κ3) is 4.22. The molecule has 29 heavy (non-hydrogen) atoms. The normalized spacial score (nSPS) is 12.2. The Morgan fingerprint density at radius 2 is 1.66 bits per heavy atom. The van der Waals surface area contributed by atoms with Gasteiger partial charge in [-0.15, -0.1) is 0 Å². The summed E-state index contributed by atoms with van der Waals surface area (Å²) in [7, 11) is -2.61. The van der Waals surface area contributed by atoms with E-state index in [0.29, 0.717) is 11.4 Å². The maximum atomic E-state index is 13.6. The number of non-ortho nitro benzene ring substituents is 1. The van der Waals surface area contributed by atoms with E-state index in [-0.39, 0.29) is 10.6 Å². The molecule has 3 aromatic carbocycles. The minimum absolute atomic E-state index is 0.155. The molecular weight excluding hydrogens is 392 g/mol. The van der Waals surface area contributed by atoms with Gasteiger partial charge in [-0.25, -0.2) is 8.42 Å². The van der Waals surface area contributed by atoms with E-state index in [1.807, 2.05) is 30.3 Å². The highest BCUT2D eigenvalue weighted by Gasteiger charge is 2.31. The van der Waals surface area contributed by atoms with Crippen molar-refractivity contribution in [3.05, 3.63) is 94.5 Å². The lowest BCUT2D eigenvalue weighted by atomic mass is 10.1. The summed E-state index contributed by atoms with van der Waals surface area (Å²) in [6.07, 6.45) is 0. The van der Waals surface area contributed by atoms with Crippen molar-refractivity contribution in [1.82, 2.24) is 0 Å². The second-order valence-corrected chi connectivity index (χ2v) is 8.16. The van der Waals surface area contributed by atoms with E-state index < -0.39 is 21.0 Å². The number of nitro groups is 1. The molecule has 0 radical (unpaired) electrons. The molecule has 0 aliphatic carbocycles. The molecule has 0 heterocycles. The highest BCUT2D eigenvalue weighted by Crippen LogP contribution is 2.35. The molecule has 0 aliphatic heterocycles. The van der Waals surface area contributed by atoms with Crippen molar-refractivity contribution in [2.45, 2.75) is 17.9 Å². The van der Waals surface area contributed by atoms with Crippen LogP contribution in [0.3, 0.4) is 0 Å². The first-order chi connectivity index (χ1) is 13.8. The van der Waals surface area contributed by atoms with Gasteiger partial charge in [0.05, 0.1) is 28.7 Å². The molecule has 0 amide bonds. The highest BCUT2D eigenvalue weighted by atomic mass is 32.2. The summed E-state index contributed by atoms with van der Waals surface area (Å²) in [6.45, 7) is 1.77. The van der Waals surface area contributed by atoms with Crippen LogP contribution < -0.4 is 9.04 Å². The largest absolute Gasteiger partial charge is 0.497 e. The second kappa shape index (κ2) is 8.32. The molecule has 0 N–H and O–H groups in total. The first-order valence-electron chi connectivity index (χ1n) is 8.82. The van der Waals surface area contributed by atoms with E-state index in [1.165, 1.54) is 29.6 Å². The van der Waals surface area contributed by atoms with Crippen LogP contribution in [-0.4, -0.2) is 20.5 Å². The number of nitro benzene ring substituents is 1. The number of sulfonamides is 1. The molecule has 0 aromatic heterocycles. The van der Waals surface area contributed by atoms with E-state index in [2.05, 4.69) is 0 Å². The summed E-state index contributed by atoms with van der Waals surface area (Å²) in [6, 6.07) is 20.4. The van der Waals surface area contributed by atoms with Gasteiger partial charge in [0.2, 0.25) is 0 Å². The van der Waals surface area contributed by atoms with Crippen molar-refractivity contribution in [2.24, 2.45) is 0 Å². The molecule has 3 rings (SSSR count). The molecule has 0 spiro atoms. The van der Waals surface area contributed by atoms with Crippen LogP contribution in [0.4, 0.5) is 11.4 Å². The quantitative estimate of drug-likeness (QED) is 0.419. The van der Waals surface area contributed by atoms with Gasteiger partial charge in [-0.3, -0.25) is 14.4 Å². The smallest absolute Gasteiger partial charge is 0.270 e. The monoisotopic (exact) mass is 412 g/mol. The summed E-state index contributed by atoms with van der Waals surface area (Å²) in [5.41, 5.74) is 0.889. The minimum atomic E-state index is -4.11. The number of anilines is 1. The lowest BCUT2D eigenvalue weighted by Gasteiger charge is -2.31. The van der Waals surface area contributed by atoms with E-state index in [9.17, 15) is 18.5 Å². The fourth-order valence-electron chi connectivity index (χ4n) is 3.06. The van der Waals surface area contributed by atoms with Gasteiger partial charge in [0.15, 0.2) is 0 Å². The van der Waals surface area contributed by atoms with Crippen LogP contribution in [0.15, 0.2) is 83.8 Å². The van der Waals surface area contributed by atoms with Gasteiger partial charge >= 0.3 is 0 Å². The Bertz CT molecular complexity index is 1120. The SMILES string of the molecule is COc1cccc(N([C@@H](C)c2ccccc2)S(=O)(=O)c2cccc([N+](=O)[O-])c2)c1. The van der Waals surface area contributed by atoms with Crippen LogP contribution in [0, 0.1) is 10.1 Å². The molecule has 8 heteroatoms. The van der Waals surface area contributed by atoms with Crippen molar-refractivity contribution >= 4 is 21.4 Å². The Morgan fingerprint density at radius 1 is 0.966 bits per heavy atom. The molecule has 0 fully saturated rings. The number of benzene rings is 3. The summed E-state index contributed by atoms with van der Waals surface area (Å²) >= 11 is 0. The number of methoxy groups -OCH3 is 1. The predicted octanol–water partition coefficient (Wildman–Crippen LogP) is 4.56. The van der Waals surface area contributed by atoms with Crippen molar-refractivity contribution in [1.29, 1.82) is 0 Å². The Morgan fingerprint density at radius 3 is 2.31 bits per heavy atom. The Balaban J connectivity index is 2.18. The van der Waals surface area contributed by atoms with Crippen LogP contribution in [0.2, 0.25) is 0 Å². The van der Waals surface area contributed by atoms with Gasteiger partial charge in [0, 0.05) is 18.2 Å². The lowest BCUT2D eigenvalue weighted by molar-refractivity contribution is -0.385. The Labute approximate surface area is 169 Å². The predicted molar refractivity (Wildman–Crippen MR) is 111 cm³/mol. The first kappa shape index (κ1) is 20.3. The van der Waals surface area contributed by atoms with E-state index in [1.54, 1.807) is 31.2 Å². The van der Waals surface area contributed by atoms with Crippen molar-refractivity contribution in [2.75, 3.05) is 11.4 Å². The highest BCUT2D eigenvalue weighted by molar-refractivity contribution is 7.92. The molecule has 0 saturated heterocycles. The molecule has 0 saturated carbocycles. The Hall–Kier alpha value is -3.39. The molecule has 0 aliphatic rings. The van der Waals surface area contributed by atoms with Crippen molar-refractivity contribution in [3.8, 4) is 5.75 Å². The number of rotatable bonds is 7. The van der Waals surface area contributed by atoms with Crippen LogP contribution in [0.5, 0.6) is 5.75 Å². The molecular formula is C21H20N2O5S. The van der Waals surface area contributed by atoms with E-state index in [0.717, 1.165) is 11.6 Å². The van der Waals surface area contributed by atoms with Gasteiger partial charge in [0.1, 0.15) is 5.75 Å². The van der Waals surface area contributed by atoms with Gasteiger partial charge in [-0.1, -0.05) is 42.5 Å². The summed E-state index contributed by atoms with van der Waals surface area (Å²) < 4.78 is 33.7. The van der Waals surface area contributed by atoms with Crippen LogP contribution in [0.1, 0.15) is 18.5 Å². The van der Waals surface area contributed by atoms with Gasteiger partial charge < -0.3 is 4.74 Å². The number of hydrogen-bond donors (Lipinski definition) is 0. The van der Waals surface area contributed by atoms with Gasteiger partial charge in [0.25, 0.3) is 15.7 Å². The zero-order valence-corrected chi connectivity index (χ0v) is 16.7. The maximum absolute atomic E-state index is 13.6. The fraction of sp³-hybridized carbons (Fsp3) is 0.143. The molecule has 0 unspecified atom stereocenters. The van der Waals surface area contributed by atoms with Crippen molar-refractivity contribution < 1.29 is 18.1 Å². The first-order valence-corrected chi connectivity index (χ1v) is 10.3. The van der Waals surface area contributed by atoms with E-state index in [4.69, 9.17) is 4.74 Å². The third-order valence-corrected chi connectivity index (χ3v) is 6.42. The standard InChI is InChI=1S/C21H20N2O5S/c1-16(17-8-4-3-5-9-17)22(18-10-6-12-20(14-18)28-2)29(26,27)21-13-7-11-19(15-21)23(24)25/h3-16H,1-2H3/t16-/m0/s1. The topological polar surface area (TPSA) is 89.8 Å².